The fourth-order valence-corrected chi connectivity index (χ4v) is 2.63. The van der Waals surface area contributed by atoms with Crippen molar-refractivity contribution in [3.8, 4) is 0 Å². The van der Waals surface area contributed by atoms with Crippen molar-refractivity contribution in [2.75, 3.05) is 23.3 Å². The summed E-state index contributed by atoms with van der Waals surface area (Å²) in [6.07, 6.45) is 2.94. The van der Waals surface area contributed by atoms with Crippen LogP contribution in [0.25, 0.3) is 0 Å². The molecule has 3 heterocycles. The summed E-state index contributed by atoms with van der Waals surface area (Å²) in [7, 11) is 0. The van der Waals surface area contributed by atoms with E-state index in [1.165, 1.54) is 0 Å². The van der Waals surface area contributed by atoms with Crippen LogP contribution < -0.4 is 10.2 Å². The van der Waals surface area contributed by atoms with Gasteiger partial charge in [0.2, 0.25) is 0 Å². The van der Waals surface area contributed by atoms with E-state index in [2.05, 4.69) is 31.2 Å². The number of anilines is 2. The Kier molecular flexibility index (Phi) is 3.50. The van der Waals surface area contributed by atoms with Crippen molar-refractivity contribution in [3.63, 3.8) is 0 Å². The highest BCUT2D eigenvalue weighted by molar-refractivity contribution is 5.43. The summed E-state index contributed by atoms with van der Waals surface area (Å²) in [5, 5.41) is 3.50. The van der Waals surface area contributed by atoms with Crippen LogP contribution in [-0.4, -0.2) is 34.1 Å². The molecular weight excluding hydrogens is 250 g/mol. The largest absolute Gasteiger partial charge is 0.365 e. The SMILES string of the molecule is Cc1cc(NC2CCN(c3ccccn3)C2)nc(C)n1. The molecular formula is C15H19N5. The number of aromatic nitrogens is 3. The molecule has 3 rings (SSSR count). The van der Waals surface area contributed by atoms with Crippen LogP contribution in [0.5, 0.6) is 0 Å². The molecule has 1 atom stereocenters. The van der Waals surface area contributed by atoms with Crippen LogP contribution >= 0.6 is 0 Å². The lowest BCUT2D eigenvalue weighted by molar-refractivity contribution is 0.795. The molecule has 104 valence electrons. The summed E-state index contributed by atoms with van der Waals surface area (Å²) in [4.78, 5) is 15.4. The number of rotatable bonds is 3. The molecule has 1 unspecified atom stereocenters. The lowest BCUT2D eigenvalue weighted by Crippen LogP contribution is -2.27. The molecule has 1 N–H and O–H groups in total. The van der Waals surface area contributed by atoms with Gasteiger partial charge in [-0.2, -0.15) is 0 Å². The average Bonchev–Trinajstić information content (AvgIpc) is 2.87. The van der Waals surface area contributed by atoms with Gasteiger partial charge in [0.15, 0.2) is 0 Å². The van der Waals surface area contributed by atoms with Crippen LogP contribution in [0, 0.1) is 13.8 Å². The molecule has 2 aromatic heterocycles. The van der Waals surface area contributed by atoms with Gasteiger partial charge in [-0.25, -0.2) is 15.0 Å². The zero-order valence-corrected chi connectivity index (χ0v) is 11.9. The van der Waals surface area contributed by atoms with E-state index in [0.717, 1.165) is 42.7 Å². The minimum Gasteiger partial charge on any atom is -0.365 e. The van der Waals surface area contributed by atoms with Crippen molar-refractivity contribution >= 4 is 11.6 Å². The monoisotopic (exact) mass is 269 g/mol. The minimum absolute atomic E-state index is 0.408. The van der Waals surface area contributed by atoms with E-state index in [1.54, 1.807) is 0 Å². The normalized spacial score (nSPS) is 18.3. The quantitative estimate of drug-likeness (QED) is 0.925. The van der Waals surface area contributed by atoms with E-state index in [0.29, 0.717) is 6.04 Å². The molecule has 0 spiro atoms. The maximum atomic E-state index is 4.44. The highest BCUT2D eigenvalue weighted by Crippen LogP contribution is 2.20. The van der Waals surface area contributed by atoms with Crippen LogP contribution in [0.3, 0.4) is 0 Å². The number of nitrogens with zero attached hydrogens (tertiary/aromatic N) is 4. The Morgan fingerprint density at radius 2 is 2.15 bits per heavy atom. The van der Waals surface area contributed by atoms with Gasteiger partial charge in [-0.05, 0) is 32.4 Å². The Bertz CT molecular complexity index is 564. The maximum Gasteiger partial charge on any atom is 0.130 e. The molecule has 0 saturated carbocycles. The molecule has 0 aliphatic carbocycles. The van der Waals surface area contributed by atoms with E-state index < -0.39 is 0 Å². The lowest BCUT2D eigenvalue weighted by atomic mass is 10.2. The van der Waals surface area contributed by atoms with Crippen molar-refractivity contribution in [1.82, 2.24) is 15.0 Å². The topological polar surface area (TPSA) is 53.9 Å². The van der Waals surface area contributed by atoms with E-state index in [4.69, 9.17) is 0 Å². The Morgan fingerprint density at radius 3 is 2.90 bits per heavy atom. The van der Waals surface area contributed by atoms with Crippen molar-refractivity contribution < 1.29 is 0 Å². The molecule has 0 amide bonds. The van der Waals surface area contributed by atoms with Crippen LogP contribution in [0.1, 0.15) is 17.9 Å². The molecule has 0 radical (unpaired) electrons. The predicted octanol–water partition coefficient (Wildman–Crippen LogP) is 2.18. The second-order valence-electron chi connectivity index (χ2n) is 5.21. The van der Waals surface area contributed by atoms with Gasteiger partial charge in [-0.15, -0.1) is 0 Å². The molecule has 0 bridgehead atoms. The van der Waals surface area contributed by atoms with Gasteiger partial charge < -0.3 is 10.2 Å². The number of aryl methyl sites for hydroxylation is 2. The predicted molar refractivity (Wildman–Crippen MR) is 80.0 cm³/mol. The van der Waals surface area contributed by atoms with Gasteiger partial charge >= 0.3 is 0 Å². The smallest absolute Gasteiger partial charge is 0.130 e. The van der Waals surface area contributed by atoms with Crippen molar-refractivity contribution in [1.29, 1.82) is 0 Å². The molecule has 1 fully saturated rings. The van der Waals surface area contributed by atoms with Gasteiger partial charge in [0.05, 0.1) is 0 Å². The summed E-state index contributed by atoms with van der Waals surface area (Å²) in [5.41, 5.74) is 1.000. The Balaban J connectivity index is 1.66. The van der Waals surface area contributed by atoms with Crippen LogP contribution in [0.15, 0.2) is 30.5 Å². The highest BCUT2D eigenvalue weighted by Gasteiger charge is 2.23. The molecule has 20 heavy (non-hydrogen) atoms. The zero-order valence-electron chi connectivity index (χ0n) is 11.9. The van der Waals surface area contributed by atoms with E-state index in [-0.39, 0.29) is 0 Å². The van der Waals surface area contributed by atoms with E-state index in [1.807, 2.05) is 38.2 Å². The minimum atomic E-state index is 0.408. The average molecular weight is 269 g/mol. The second-order valence-corrected chi connectivity index (χ2v) is 5.21. The summed E-state index contributed by atoms with van der Waals surface area (Å²) >= 11 is 0. The first-order valence-corrected chi connectivity index (χ1v) is 6.95. The summed E-state index contributed by atoms with van der Waals surface area (Å²) < 4.78 is 0. The fourth-order valence-electron chi connectivity index (χ4n) is 2.63. The van der Waals surface area contributed by atoms with E-state index in [9.17, 15) is 0 Å². The highest BCUT2D eigenvalue weighted by atomic mass is 15.2. The first-order valence-electron chi connectivity index (χ1n) is 6.95. The van der Waals surface area contributed by atoms with Crippen LogP contribution in [-0.2, 0) is 0 Å². The van der Waals surface area contributed by atoms with Gasteiger partial charge in [0.1, 0.15) is 17.5 Å². The van der Waals surface area contributed by atoms with Crippen LogP contribution in [0.4, 0.5) is 11.6 Å². The van der Waals surface area contributed by atoms with Gasteiger partial charge in [-0.3, -0.25) is 0 Å². The third-order valence-electron chi connectivity index (χ3n) is 3.48. The number of hydrogen-bond acceptors (Lipinski definition) is 5. The third-order valence-corrected chi connectivity index (χ3v) is 3.48. The maximum absolute atomic E-state index is 4.44. The summed E-state index contributed by atoms with van der Waals surface area (Å²) in [6.45, 7) is 5.90. The molecule has 1 aliphatic rings. The molecule has 1 saturated heterocycles. The molecule has 0 aromatic carbocycles. The summed E-state index contributed by atoms with van der Waals surface area (Å²) in [6, 6.07) is 8.44. The first-order chi connectivity index (χ1) is 9.70. The Hall–Kier alpha value is -2.17. The van der Waals surface area contributed by atoms with Gasteiger partial charge in [0, 0.05) is 37.1 Å². The zero-order chi connectivity index (χ0) is 13.9. The lowest BCUT2D eigenvalue weighted by Gasteiger charge is -2.18. The number of nitrogens with one attached hydrogen (secondary N) is 1. The first kappa shape index (κ1) is 12.8. The van der Waals surface area contributed by atoms with E-state index >= 15 is 0 Å². The van der Waals surface area contributed by atoms with Crippen molar-refractivity contribution in [2.45, 2.75) is 26.3 Å². The standard InChI is InChI=1S/C15H19N5/c1-11-9-14(18-12(2)17-11)19-13-6-8-20(10-13)15-5-3-4-7-16-15/h3-5,7,9,13H,6,8,10H2,1-2H3,(H,17,18,19). The second kappa shape index (κ2) is 5.45. The number of pyridine rings is 1. The van der Waals surface area contributed by atoms with Gasteiger partial charge in [0.25, 0.3) is 0 Å². The summed E-state index contributed by atoms with van der Waals surface area (Å²) in [5.74, 6) is 2.78. The number of hydrogen-bond donors (Lipinski definition) is 1. The molecule has 5 heteroatoms. The van der Waals surface area contributed by atoms with Crippen molar-refractivity contribution in [2.24, 2.45) is 0 Å². The molecule has 2 aromatic rings. The van der Waals surface area contributed by atoms with Crippen molar-refractivity contribution in [3.05, 3.63) is 42.0 Å². The molecule has 5 nitrogen and oxygen atoms in total. The fraction of sp³-hybridized carbons (Fsp3) is 0.400. The Morgan fingerprint density at radius 1 is 1.25 bits per heavy atom. The third kappa shape index (κ3) is 2.87. The van der Waals surface area contributed by atoms with Crippen LogP contribution in [0.2, 0.25) is 0 Å². The Labute approximate surface area is 119 Å². The van der Waals surface area contributed by atoms with Gasteiger partial charge in [-0.1, -0.05) is 6.07 Å². The molecule has 1 aliphatic heterocycles.